The second-order valence-electron chi connectivity index (χ2n) is 8.37. The largest absolute Gasteiger partial charge is 0.343 e. The van der Waals surface area contributed by atoms with E-state index >= 15 is 0 Å². The summed E-state index contributed by atoms with van der Waals surface area (Å²) >= 11 is 6.17. The van der Waals surface area contributed by atoms with Crippen LogP contribution in [0.5, 0.6) is 0 Å². The monoisotopic (exact) mass is 502 g/mol. The zero-order chi connectivity index (χ0) is 24.9. The predicted octanol–water partition coefficient (Wildman–Crippen LogP) is 4.09. The van der Waals surface area contributed by atoms with Crippen LogP contribution in [0.1, 0.15) is 43.1 Å². The summed E-state index contributed by atoms with van der Waals surface area (Å²) in [7, 11) is 0. The molecular weight excluding hydrogens is 480 g/mol. The number of carbonyl (C=O) groups is 2. The van der Waals surface area contributed by atoms with Crippen molar-refractivity contribution in [3.63, 3.8) is 0 Å². The number of benzene rings is 2. The van der Waals surface area contributed by atoms with Gasteiger partial charge in [-0.3, -0.25) is 9.59 Å². The van der Waals surface area contributed by atoms with Crippen molar-refractivity contribution in [3.8, 4) is 16.9 Å². The van der Waals surface area contributed by atoms with Crippen LogP contribution in [0.3, 0.4) is 0 Å². The molecule has 182 valence electrons. The minimum Gasteiger partial charge on any atom is -0.343 e. The third kappa shape index (κ3) is 5.33. The Bertz CT molecular complexity index is 1410. The van der Waals surface area contributed by atoms with Gasteiger partial charge >= 0.3 is 0 Å². The molecule has 0 radical (unpaired) electrons. The van der Waals surface area contributed by atoms with E-state index in [0.717, 1.165) is 23.4 Å². The maximum absolute atomic E-state index is 12.9. The van der Waals surface area contributed by atoms with Crippen LogP contribution in [0.15, 0.2) is 61.1 Å². The van der Waals surface area contributed by atoms with Crippen LogP contribution in [-0.2, 0) is 9.59 Å². The molecule has 1 unspecified atom stereocenters. The summed E-state index contributed by atoms with van der Waals surface area (Å²) in [5.41, 5.74) is 3.70. The van der Waals surface area contributed by atoms with Crippen LogP contribution < -0.4 is 10.6 Å². The van der Waals surface area contributed by atoms with Gasteiger partial charge in [-0.1, -0.05) is 36.2 Å². The lowest BCUT2D eigenvalue weighted by atomic mass is 10.1. The summed E-state index contributed by atoms with van der Waals surface area (Å²) in [6.45, 7) is 0. The summed E-state index contributed by atoms with van der Waals surface area (Å²) in [6.07, 6.45) is 8.79. The molecule has 0 spiro atoms. The Morgan fingerprint density at radius 1 is 1.19 bits per heavy atom. The van der Waals surface area contributed by atoms with E-state index in [1.807, 2.05) is 24.3 Å². The van der Waals surface area contributed by atoms with Crippen LogP contribution >= 0.6 is 11.6 Å². The molecule has 1 aliphatic heterocycles. The molecule has 0 saturated carbocycles. The van der Waals surface area contributed by atoms with Crippen LogP contribution in [0.2, 0.25) is 5.02 Å². The van der Waals surface area contributed by atoms with Gasteiger partial charge < -0.3 is 15.6 Å². The highest BCUT2D eigenvalue weighted by Gasteiger charge is 2.20. The van der Waals surface area contributed by atoms with Gasteiger partial charge in [-0.2, -0.15) is 4.68 Å². The van der Waals surface area contributed by atoms with Gasteiger partial charge in [0.15, 0.2) is 0 Å². The van der Waals surface area contributed by atoms with E-state index < -0.39 is 0 Å². The van der Waals surface area contributed by atoms with E-state index in [9.17, 15) is 9.59 Å². The molecule has 2 aromatic carbocycles. The first-order chi connectivity index (χ1) is 17.6. The highest BCUT2D eigenvalue weighted by Crippen LogP contribution is 2.29. The predicted molar refractivity (Wildman–Crippen MR) is 135 cm³/mol. The standard InChI is InChI=1S/C25H23ClN8O2/c26-17-10-11-22(34-15-28-32-33-34)16(13-17)9-12-24(36)30-20-7-3-4-8-23(35)29-19-6-2-1-5-18(19)21-14-27-25(20)31-21/h1-2,5-6,9-15,20H,3-4,7-8H2,(H,27,31)(H,29,35)(H,30,36). The number of carbonyl (C=O) groups excluding carboxylic acids is 2. The van der Waals surface area contributed by atoms with E-state index in [1.54, 1.807) is 30.5 Å². The van der Waals surface area contributed by atoms with E-state index in [4.69, 9.17) is 11.6 Å². The van der Waals surface area contributed by atoms with Gasteiger partial charge in [0.2, 0.25) is 11.8 Å². The number of tetrazole rings is 1. The lowest BCUT2D eigenvalue weighted by Gasteiger charge is -2.17. The minimum atomic E-state index is -0.344. The first-order valence-electron chi connectivity index (χ1n) is 11.5. The topological polar surface area (TPSA) is 130 Å². The maximum atomic E-state index is 12.9. The Balaban J connectivity index is 1.38. The first kappa shape index (κ1) is 23.4. The van der Waals surface area contributed by atoms with E-state index in [1.165, 1.54) is 17.1 Å². The number of nitrogens with one attached hydrogen (secondary N) is 3. The minimum absolute atomic E-state index is 0.0359. The van der Waals surface area contributed by atoms with Crippen LogP contribution in [0, 0.1) is 0 Å². The third-order valence-corrected chi connectivity index (χ3v) is 6.11. The van der Waals surface area contributed by atoms with E-state index in [-0.39, 0.29) is 17.9 Å². The third-order valence-electron chi connectivity index (χ3n) is 5.88. The van der Waals surface area contributed by atoms with Gasteiger partial charge in [-0.15, -0.1) is 5.10 Å². The van der Waals surface area contributed by atoms with Crippen molar-refractivity contribution in [1.82, 2.24) is 35.5 Å². The fraction of sp³-hybridized carbons (Fsp3) is 0.200. The summed E-state index contributed by atoms with van der Waals surface area (Å²) < 4.78 is 1.50. The highest BCUT2D eigenvalue weighted by molar-refractivity contribution is 6.30. The fourth-order valence-corrected chi connectivity index (χ4v) is 4.31. The molecule has 2 aromatic heterocycles. The van der Waals surface area contributed by atoms with Crippen LogP contribution in [-0.4, -0.2) is 42.0 Å². The molecule has 1 atom stereocenters. The summed E-state index contributed by atoms with van der Waals surface area (Å²) in [6, 6.07) is 12.5. The zero-order valence-electron chi connectivity index (χ0n) is 19.2. The summed E-state index contributed by atoms with van der Waals surface area (Å²) in [5.74, 6) is 0.336. The van der Waals surface area contributed by atoms with Gasteiger partial charge in [-0.25, -0.2) is 4.98 Å². The molecule has 3 heterocycles. The Morgan fingerprint density at radius 3 is 2.94 bits per heavy atom. The number of amides is 2. The van der Waals surface area contributed by atoms with Gasteiger partial charge in [-0.05, 0) is 53.6 Å². The van der Waals surface area contributed by atoms with E-state index in [0.29, 0.717) is 41.4 Å². The van der Waals surface area contributed by atoms with Crippen molar-refractivity contribution in [3.05, 3.63) is 77.5 Å². The Morgan fingerprint density at radius 2 is 2.08 bits per heavy atom. The number of para-hydroxylation sites is 1. The number of hydrogen-bond donors (Lipinski definition) is 3. The fourth-order valence-electron chi connectivity index (χ4n) is 4.13. The van der Waals surface area contributed by atoms with E-state index in [2.05, 4.69) is 36.1 Å². The zero-order valence-corrected chi connectivity index (χ0v) is 19.9. The Labute approximate surface area is 211 Å². The molecular formula is C25H23ClN8O2. The molecule has 5 rings (SSSR count). The molecule has 3 N–H and O–H groups in total. The second kappa shape index (κ2) is 10.5. The molecule has 0 fully saturated rings. The number of aromatic nitrogens is 6. The van der Waals surface area contributed by atoms with Gasteiger partial charge in [0.1, 0.15) is 12.2 Å². The molecule has 11 heteroatoms. The molecule has 2 bridgehead atoms. The van der Waals surface area contributed by atoms with Crippen molar-refractivity contribution >= 4 is 35.2 Å². The molecule has 4 aromatic rings. The van der Waals surface area contributed by atoms with Crippen molar-refractivity contribution in [2.75, 3.05) is 5.32 Å². The SMILES string of the molecule is O=C(C=Cc1cc(Cl)ccc1-n1cnnn1)NC1CCCCC(=O)Nc2ccccc2-c2cnc1[nH]2. The molecule has 0 aliphatic carbocycles. The highest BCUT2D eigenvalue weighted by atomic mass is 35.5. The van der Waals surface area contributed by atoms with Crippen molar-refractivity contribution in [2.45, 2.75) is 31.7 Å². The number of imidazole rings is 1. The average Bonchev–Trinajstić information content (AvgIpc) is 3.57. The summed E-state index contributed by atoms with van der Waals surface area (Å²) in [5, 5.41) is 17.8. The number of nitrogens with zero attached hydrogens (tertiary/aromatic N) is 5. The van der Waals surface area contributed by atoms with Gasteiger partial charge in [0.05, 0.1) is 29.3 Å². The number of halogens is 1. The normalized spacial score (nSPS) is 16.0. The number of rotatable bonds is 4. The Hall–Kier alpha value is -4.31. The van der Waals surface area contributed by atoms with Gasteiger partial charge in [0, 0.05) is 28.6 Å². The number of fused-ring (bicyclic) bond motifs is 4. The van der Waals surface area contributed by atoms with Gasteiger partial charge in [0.25, 0.3) is 0 Å². The second-order valence-corrected chi connectivity index (χ2v) is 8.81. The number of anilines is 1. The van der Waals surface area contributed by atoms with Crippen LogP contribution in [0.4, 0.5) is 5.69 Å². The first-order valence-corrected chi connectivity index (χ1v) is 11.9. The lowest BCUT2D eigenvalue weighted by molar-refractivity contribution is -0.118. The molecule has 36 heavy (non-hydrogen) atoms. The average molecular weight is 503 g/mol. The van der Waals surface area contributed by atoms with Crippen molar-refractivity contribution in [1.29, 1.82) is 0 Å². The van der Waals surface area contributed by atoms with Crippen molar-refractivity contribution in [2.24, 2.45) is 0 Å². The summed E-state index contributed by atoms with van der Waals surface area (Å²) in [4.78, 5) is 33.2. The van der Waals surface area contributed by atoms with Crippen molar-refractivity contribution < 1.29 is 9.59 Å². The smallest absolute Gasteiger partial charge is 0.244 e. The molecule has 2 amide bonds. The number of hydrogen-bond acceptors (Lipinski definition) is 6. The molecule has 0 saturated heterocycles. The molecule has 1 aliphatic rings. The number of H-pyrrole nitrogens is 1. The number of aromatic amines is 1. The lowest BCUT2D eigenvalue weighted by Crippen LogP contribution is -2.28. The maximum Gasteiger partial charge on any atom is 0.244 e. The quantitative estimate of drug-likeness (QED) is 0.360. The Kier molecular flexibility index (Phi) is 6.85. The molecule has 10 nitrogen and oxygen atoms in total. The van der Waals surface area contributed by atoms with Crippen LogP contribution in [0.25, 0.3) is 23.0 Å².